The molecule has 0 amide bonds. The van der Waals surface area contributed by atoms with Gasteiger partial charge < -0.3 is 4.74 Å². The van der Waals surface area contributed by atoms with Crippen LogP contribution in [0.3, 0.4) is 0 Å². The zero-order valence-corrected chi connectivity index (χ0v) is 14.1. The van der Waals surface area contributed by atoms with Crippen molar-refractivity contribution < 1.29 is 17.9 Å². The van der Waals surface area contributed by atoms with E-state index in [4.69, 9.17) is 4.74 Å². The normalized spacial score (nSPS) is 11.4. The lowest BCUT2D eigenvalue weighted by Gasteiger charge is -2.07. The van der Waals surface area contributed by atoms with Crippen molar-refractivity contribution in [3.05, 3.63) is 71.8 Å². The van der Waals surface area contributed by atoms with E-state index >= 15 is 0 Å². The van der Waals surface area contributed by atoms with Crippen LogP contribution < -0.4 is 0 Å². The summed E-state index contributed by atoms with van der Waals surface area (Å²) >= 11 is 0. The van der Waals surface area contributed by atoms with E-state index < -0.39 is 15.8 Å². The fourth-order valence-corrected chi connectivity index (χ4v) is 3.79. The minimum absolute atomic E-state index is 0.227. The highest BCUT2D eigenvalue weighted by atomic mass is 32.2. The molecule has 0 saturated carbocycles. The molecule has 0 N–H and O–H groups in total. The van der Waals surface area contributed by atoms with Gasteiger partial charge >= 0.3 is 5.97 Å². The van der Waals surface area contributed by atoms with Gasteiger partial charge in [0.15, 0.2) is 0 Å². The van der Waals surface area contributed by atoms with E-state index in [1.165, 1.54) is 7.11 Å². The third kappa shape index (κ3) is 2.90. The van der Waals surface area contributed by atoms with Gasteiger partial charge in [-0.15, -0.1) is 0 Å². The summed E-state index contributed by atoms with van der Waals surface area (Å²) in [4.78, 5) is 12.1. The molecule has 3 aromatic rings. The van der Waals surface area contributed by atoms with Gasteiger partial charge in [0.25, 0.3) is 0 Å². The zero-order chi connectivity index (χ0) is 17.3. The predicted molar refractivity (Wildman–Crippen MR) is 91.9 cm³/mol. The SMILES string of the molecule is COC(=O)c1ccc2cc(S(=O)(=O)c3ccc(C)cc3)ccc2c1. The highest BCUT2D eigenvalue weighted by Gasteiger charge is 2.18. The molecule has 0 saturated heterocycles. The molecule has 0 bridgehead atoms. The van der Waals surface area contributed by atoms with Gasteiger partial charge in [-0.25, -0.2) is 13.2 Å². The standard InChI is InChI=1S/C19H16O4S/c1-13-3-8-17(9-4-13)24(21,22)18-10-7-14-11-16(19(20)23-2)6-5-15(14)12-18/h3-12H,1-2H3. The van der Waals surface area contributed by atoms with E-state index in [9.17, 15) is 13.2 Å². The number of aryl methyl sites for hydroxylation is 1. The van der Waals surface area contributed by atoms with E-state index in [2.05, 4.69) is 0 Å². The fourth-order valence-electron chi connectivity index (χ4n) is 2.49. The van der Waals surface area contributed by atoms with Crippen molar-refractivity contribution in [1.29, 1.82) is 0 Å². The van der Waals surface area contributed by atoms with Crippen LogP contribution in [0.1, 0.15) is 15.9 Å². The van der Waals surface area contributed by atoms with Crippen LogP contribution in [0.15, 0.2) is 70.5 Å². The Morgan fingerprint density at radius 2 is 1.42 bits per heavy atom. The minimum atomic E-state index is -3.57. The summed E-state index contributed by atoms with van der Waals surface area (Å²) in [6, 6.07) is 16.7. The lowest BCUT2D eigenvalue weighted by Crippen LogP contribution is -2.03. The van der Waals surface area contributed by atoms with Crippen molar-refractivity contribution in [1.82, 2.24) is 0 Å². The molecular weight excluding hydrogens is 324 g/mol. The molecule has 0 atom stereocenters. The minimum Gasteiger partial charge on any atom is -0.465 e. The number of rotatable bonds is 3. The Hall–Kier alpha value is -2.66. The summed E-state index contributed by atoms with van der Waals surface area (Å²) in [5.41, 5.74) is 1.43. The number of hydrogen-bond acceptors (Lipinski definition) is 4. The lowest BCUT2D eigenvalue weighted by molar-refractivity contribution is 0.0601. The number of esters is 1. The third-order valence-electron chi connectivity index (χ3n) is 3.87. The molecule has 0 aliphatic heterocycles. The Kier molecular flexibility index (Phi) is 4.11. The molecule has 0 heterocycles. The molecule has 3 aromatic carbocycles. The van der Waals surface area contributed by atoms with Crippen molar-refractivity contribution in [2.45, 2.75) is 16.7 Å². The van der Waals surface area contributed by atoms with Crippen LogP contribution >= 0.6 is 0 Å². The Morgan fingerprint density at radius 3 is 2.08 bits per heavy atom. The number of hydrogen-bond donors (Lipinski definition) is 0. The van der Waals surface area contributed by atoms with Crippen molar-refractivity contribution in [2.24, 2.45) is 0 Å². The second kappa shape index (κ2) is 6.09. The van der Waals surface area contributed by atoms with Gasteiger partial charge in [0.05, 0.1) is 22.5 Å². The van der Waals surface area contributed by atoms with E-state index in [1.54, 1.807) is 60.7 Å². The van der Waals surface area contributed by atoms with Crippen LogP contribution in [0.4, 0.5) is 0 Å². The van der Waals surface area contributed by atoms with E-state index in [-0.39, 0.29) is 9.79 Å². The Morgan fingerprint density at radius 1 is 0.833 bits per heavy atom. The summed E-state index contributed by atoms with van der Waals surface area (Å²) in [6.07, 6.45) is 0. The van der Waals surface area contributed by atoms with Gasteiger partial charge in [0, 0.05) is 0 Å². The molecule has 5 heteroatoms. The number of methoxy groups -OCH3 is 1. The average Bonchev–Trinajstić information content (AvgIpc) is 2.60. The fraction of sp³-hybridized carbons (Fsp3) is 0.105. The molecule has 0 radical (unpaired) electrons. The van der Waals surface area contributed by atoms with Gasteiger partial charge in [0.2, 0.25) is 9.84 Å². The quantitative estimate of drug-likeness (QED) is 0.681. The topological polar surface area (TPSA) is 60.4 Å². The molecule has 0 aromatic heterocycles. The first-order chi connectivity index (χ1) is 11.4. The maximum absolute atomic E-state index is 12.7. The Labute approximate surface area is 140 Å². The van der Waals surface area contributed by atoms with Gasteiger partial charge in [-0.1, -0.05) is 29.8 Å². The van der Waals surface area contributed by atoms with Crippen LogP contribution in [0.5, 0.6) is 0 Å². The summed E-state index contributed by atoms with van der Waals surface area (Å²) in [5, 5.41) is 1.52. The molecule has 122 valence electrons. The number of carbonyl (C=O) groups is 1. The molecule has 3 rings (SSSR count). The van der Waals surface area contributed by atoms with Crippen molar-refractivity contribution in [3.8, 4) is 0 Å². The maximum atomic E-state index is 12.7. The molecular formula is C19H16O4S. The van der Waals surface area contributed by atoms with E-state index in [0.29, 0.717) is 5.56 Å². The zero-order valence-electron chi connectivity index (χ0n) is 13.3. The summed E-state index contributed by atoms with van der Waals surface area (Å²) in [6.45, 7) is 1.91. The molecule has 0 aliphatic carbocycles. The maximum Gasteiger partial charge on any atom is 0.337 e. The number of carbonyl (C=O) groups excluding carboxylic acids is 1. The van der Waals surface area contributed by atoms with Crippen molar-refractivity contribution >= 4 is 26.6 Å². The second-order valence-corrected chi connectivity index (χ2v) is 7.48. The smallest absolute Gasteiger partial charge is 0.337 e. The van der Waals surface area contributed by atoms with Crippen LogP contribution in [-0.2, 0) is 14.6 Å². The van der Waals surface area contributed by atoms with Gasteiger partial charge in [0.1, 0.15) is 0 Å². The lowest BCUT2D eigenvalue weighted by atomic mass is 10.1. The highest BCUT2D eigenvalue weighted by molar-refractivity contribution is 7.91. The second-order valence-electron chi connectivity index (χ2n) is 5.53. The molecule has 0 aliphatic rings. The first-order valence-electron chi connectivity index (χ1n) is 7.36. The third-order valence-corrected chi connectivity index (χ3v) is 5.64. The van der Waals surface area contributed by atoms with Crippen LogP contribution in [-0.4, -0.2) is 21.5 Å². The average molecular weight is 340 g/mol. The van der Waals surface area contributed by atoms with E-state index in [1.807, 2.05) is 6.92 Å². The van der Waals surface area contributed by atoms with Crippen LogP contribution in [0.2, 0.25) is 0 Å². The van der Waals surface area contributed by atoms with Crippen LogP contribution in [0, 0.1) is 6.92 Å². The molecule has 0 spiro atoms. The summed E-state index contributed by atoms with van der Waals surface area (Å²) < 4.78 is 30.2. The Balaban J connectivity index is 2.07. The predicted octanol–water partition coefficient (Wildman–Crippen LogP) is 3.77. The summed E-state index contributed by atoms with van der Waals surface area (Å²) in [7, 11) is -2.25. The van der Waals surface area contributed by atoms with Gasteiger partial charge in [-0.2, -0.15) is 0 Å². The monoisotopic (exact) mass is 340 g/mol. The van der Waals surface area contributed by atoms with Gasteiger partial charge in [-0.3, -0.25) is 0 Å². The molecule has 24 heavy (non-hydrogen) atoms. The number of ether oxygens (including phenoxy) is 1. The Bertz CT molecular complexity index is 1020. The summed E-state index contributed by atoms with van der Waals surface area (Å²) in [5.74, 6) is -0.423. The number of benzene rings is 3. The highest BCUT2D eigenvalue weighted by Crippen LogP contribution is 2.25. The molecule has 0 fully saturated rings. The number of fused-ring (bicyclic) bond motifs is 1. The number of sulfone groups is 1. The molecule has 0 unspecified atom stereocenters. The largest absolute Gasteiger partial charge is 0.465 e. The first-order valence-corrected chi connectivity index (χ1v) is 8.84. The van der Waals surface area contributed by atoms with Crippen LogP contribution in [0.25, 0.3) is 10.8 Å². The van der Waals surface area contributed by atoms with Crippen molar-refractivity contribution in [2.75, 3.05) is 7.11 Å². The van der Waals surface area contributed by atoms with E-state index in [0.717, 1.165) is 16.3 Å². The van der Waals surface area contributed by atoms with Crippen molar-refractivity contribution in [3.63, 3.8) is 0 Å². The van der Waals surface area contributed by atoms with Gasteiger partial charge in [-0.05, 0) is 54.1 Å². The first kappa shape index (κ1) is 16.2. The molecule has 4 nitrogen and oxygen atoms in total.